The van der Waals surface area contributed by atoms with E-state index in [2.05, 4.69) is 16.0 Å². The number of sulfonamides is 1. The Labute approximate surface area is 190 Å². The highest BCUT2D eigenvalue weighted by atomic mass is 32.2. The molecule has 1 unspecified atom stereocenters. The number of urea groups is 1. The molecule has 8 nitrogen and oxygen atoms in total. The minimum atomic E-state index is -3.63. The quantitative estimate of drug-likeness (QED) is 0.534. The van der Waals surface area contributed by atoms with Crippen LogP contribution in [0.5, 0.6) is 0 Å². The molecule has 0 aliphatic heterocycles. The predicted octanol–water partition coefficient (Wildman–Crippen LogP) is 3.10. The van der Waals surface area contributed by atoms with Gasteiger partial charge in [-0.15, -0.1) is 0 Å². The van der Waals surface area contributed by atoms with Crippen LogP contribution < -0.4 is 16.0 Å². The van der Waals surface area contributed by atoms with Crippen LogP contribution in [-0.2, 0) is 21.4 Å². The Morgan fingerprint density at radius 3 is 2.28 bits per heavy atom. The third-order valence-electron chi connectivity index (χ3n) is 4.78. The lowest BCUT2D eigenvalue weighted by Gasteiger charge is -2.21. The molecule has 0 aromatic heterocycles. The van der Waals surface area contributed by atoms with E-state index in [-0.39, 0.29) is 10.8 Å². The van der Waals surface area contributed by atoms with Crippen LogP contribution in [0.15, 0.2) is 53.4 Å². The zero-order valence-electron chi connectivity index (χ0n) is 19.2. The van der Waals surface area contributed by atoms with Gasteiger partial charge in [-0.25, -0.2) is 17.5 Å². The van der Waals surface area contributed by atoms with Crippen molar-refractivity contribution >= 4 is 27.6 Å². The first-order valence-electron chi connectivity index (χ1n) is 10.4. The number of aryl methyl sites for hydroxylation is 1. The van der Waals surface area contributed by atoms with E-state index in [1.54, 1.807) is 12.1 Å². The molecular weight excluding hydrogens is 428 g/mol. The Balaban J connectivity index is 2.06. The summed E-state index contributed by atoms with van der Waals surface area (Å²) in [5.41, 5.74) is 2.43. The van der Waals surface area contributed by atoms with Crippen molar-refractivity contribution in [3.05, 3.63) is 59.7 Å². The first kappa shape index (κ1) is 25.4. The van der Waals surface area contributed by atoms with Crippen molar-refractivity contribution in [3.8, 4) is 0 Å². The molecule has 0 spiro atoms. The number of anilines is 1. The number of benzene rings is 2. The topological polar surface area (TPSA) is 108 Å². The molecule has 0 fully saturated rings. The Hall–Kier alpha value is -2.91. The van der Waals surface area contributed by atoms with E-state index >= 15 is 0 Å². The van der Waals surface area contributed by atoms with Gasteiger partial charge in [-0.2, -0.15) is 0 Å². The Kier molecular flexibility index (Phi) is 8.80. The maximum Gasteiger partial charge on any atom is 0.315 e. The minimum absolute atomic E-state index is 0.0736. The first-order chi connectivity index (χ1) is 15.0. The lowest BCUT2D eigenvalue weighted by molar-refractivity contribution is -0.118. The summed E-state index contributed by atoms with van der Waals surface area (Å²) < 4.78 is 25.8. The summed E-state index contributed by atoms with van der Waals surface area (Å²) in [5, 5.41) is 8.21. The molecule has 2 aromatic rings. The number of amides is 3. The number of carbonyl (C=O) groups is 2. The highest BCUT2D eigenvalue weighted by Crippen LogP contribution is 2.18. The summed E-state index contributed by atoms with van der Waals surface area (Å²) in [5.74, 6) is -0.257. The summed E-state index contributed by atoms with van der Waals surface area (Å²) in [6.07, 6.45) is 0.430. The molecule has 0 aliphatic carbocycles. The van der Waals surface area contributed by atoms with E-state index in [1.165, 1.54) is 26.2 Å². The van der Waals surface area contributed by atoms with Crippen LogP contribution in [0.1, 0.15) is 31.4 Å². The summed E-state index contributed by atoms with van der Waals surface area (Å²) in [6, 6.07) is 12.6. The molecule has 0 radical (unpaired) electrons. The summed E-state index contributed by atoms with van der Waals surface area (Å²) in [6.45, 7) is 6.24. The van der Waals surface area contributed by atoms with Crippen molar-refractivity contribution in [2.75, 3.05) is 19.4 Å². The number of nitrogens with one attached hydrogen (secondary N) is 3. The molecule has 0 heterocycles. The molecule has 2 rings (SSSR count). The van der Waals surface area contributed by atoms with Gasteiger partial charge in [0.1, 0.15) is 6.04 Å². The molecule has 0 aliphatic rings. The van der Waals surface area contributed by atoms with Crippen LogP contribution >= 0.6 is 0 Å². The zero-order valence-corrected chi connectivity index (χ0v) is 20.0. The largest absolute Gasteiger partial charge is 0.334 e. The van der Waals surface area contributed by atoms with E-state index in [4.69, 9.17) is 0 Å². The minimum Gasteiger partial charge on any atom is -0.334 e. The molecule has 1 atom stereocenters. The van der Waals surface area contributed by atoms with Crippen molar-refractivity contribution in [2.45, 2.75) is 44.7 Å². The third-order valence-corrected chi connectivity index (χ3v) is 6.59. The van der Waals surface area contributed by atoms with Crippen molar-refractivity contribution in [1.29, 1.82) is 0 Å². The van der Waals surface area contributed by atoms with Gasteiger partial charge < -0.3 is 16.0 Å². The second-order valence-corrected chi connectivity index (χ2v) is 10.5. The fraction of sp³-hybridized carbons (Fsp3) is 0.391. The van der Waals surface area contributed by atoms with Gasteiger partial charge in [-0.3, -0.25) is 4.79 Å². The number of carbonyl (C=O) groups excluding carboxylic acids is 2. The van der Waals surface area contributed by atoms with Crippen LogP contribution in [0.25, 0.3) is 0 Å². The lowest BCUT2D eigenvalue weighted by Crippen LogP contribution is -2.48. The standard InChI is InChI=1S/C23H32N4O4S/c1-16(2)13-21(26-23(29)24-15-18-11-9-17(3)10-12-18)22(28)25-19-7-6-8-20(14-19)32(30,31)27(4)5/h6-12,14,16,21H,13,15H2,1-5H3,(H,25,28)(H2,24,26,29). The van der Waals surface area contributed by atoms with Gasteiger partial charge >= 0.3 is 6.03 Å². The molecule has 32 heavy (non-hydrogen) atoms. The maximum absolute atomic E-state index is 12.9. The van der Waals surface area contributed by atoms with Gasteiger partial charge in [0.05, 0.1) is 4.90 Å². The second-order valence-electron chi connectivity index (χ2n) is 8.30. The average molecular weight is 461 g/mol. The summed E-state index contributed by atoms with van der Waals surface area (Å²) in [7, 11) is -0.742. The number of nitrogens with zero attached hydrogens (tertiary/aromatic N) is 1. The van der Waals surface area contributed by atoms with Crippen LogP contribution in [-0.4, -0.2) is 44.8 Å². The molecule has 174 valence electrons. The molecule has 3 amide bonds. The van der Waals surface area contributed by atoms with Gasteiger partial charge in [0, 0.05) is 26.3 Å². The van der Waals surface area contributed by atoms with Crippen molar-refractivity contribution < 1.29 is 18.0 Å². The Bertz CT molecular complexity index is 1030. The Morgan fingerprint density at radius 1 is 1.03 bits per heavy atom. The second kappa shape index (κ2) is 11.1. The molecule has 0 bridgehead atoms. The molecule has 9 heteroatoms. The summed E-state index contributed by atoms with van der Waals surface area (Å²) in [4.78, 5) is 25.4. The number of hydrogen-bond acceptors (Lipinski definition) is 4. The van der Waals surface area contributed by atoms with Crippen LogP contribution in [0.3, 0.4) is 0 Å². The van der Waals surface area contributed by atoms with Crippen molar-refractivity contribution in [2.24, 2.45) is 5.92 Å². The lowest BCUT2D eigenvalue weighted by atomic mass is 10.0. The van der Waals surface area contributed by atoms with Gasteiger partial charge in [0.15, 0.2) is 0 Å². The van der Waals surface area contributed by atoms with Crippen molar-refractivity contribution in [3.63, 3.8) is 0 Å². The van der Waals surface area contributed by atoms with E-state index < -0.39 is 28.0 Å². The zero-order chi connectivity index (χ0) is 23.9. The van der Waals surface area contributed by atoms with Gasteiger partial charge in [0.2, 0.25) is 15.9 Å². The highest BCUT2D eigenvalue weighted by molar-refractivity contribution is 7.89. The molecule has 3 N–H and O–H groups in total. The predicted molar refractivity (Wildman–Crippen MR) is 126 cm³/mol. The maximum atomic E-state index is 12.9. The third kappa shape index (κ3) is 7.35. The van der Waals surface area contributed by atoms with Crippen LogP contribution in [0.2, 0.25) is 0 Å². The Morgan fingerprint density at radius 2 is 1.69 bits per heavy atom. The smallest absolute Gasteiger partial charge is 0.315 e. The fourth-order valence-corrected chi connectivity index (χ4v) is 3.92. The number of hydrogen-bond donors (Lipinski definition) is 3. The first-order valence-corrected chi connectivity index (χ1v) is 11.9. The van der Waals surface area contributed by atoms with E-state index in [1.807, 2.05) is 45.0 Å². The molecule has 0 saturated carbocycles. The molecule has 2 aromatic carbocycles. The summed E-state index contributed by atoms with van der Waals surface area (Å²) >= 11 is 0. The van der Waals surface area contributed by atoms with Crippen LogP contribution in [0.4, 0.5) is 10.5 Å². The molecular formula is C23H32N4O4S. The van der Waals surface area contributed by atoms with E-state index in [9.17, 15) is 18.0 Å². The van der Waals surface area contributed by atoms with Gasteiger partial charge in [-0.1, -0.05) is 49.7 Å². The highest BCUT2D eigenvalue weighted by Gasteiger charge is 2.23. The average Bonchev–Trinajstić information content (AvgIpc) is 2.72. The SMILES string of the molecule is Cc1ccc(CNC(=O)NC(CC(C)C)C(=O)Nc2cccc(S(=O)(=O)N(C)C)c2)cc1. The van der Waals surface area contributed by atoms with Crippen LogP contribution in [0, 0.1) is 12.8 Å². The monoisotopic (exact) mass is 460 g/mol. The van der Waals surface area contributed by atoms with Crippen molar-refractivity contribution in [1.82, 2.24) is 14.9 Å². The normalized spacial score (nSPS) is 12.5. The molecule has 0 saturated heterocycles. The van der Waals surface area contributed by atoms with Gasteiger partial charge in [-0.05, 0) is 43.0 Å². The number of rotatable bonds is 9. The fourth-order valence-electron chi connectivity index (χ4n) is 2.97. The van der Waals surface area contributed by atoms with E-state index in [0.29, 0.717) is 18.7 Å². The van der Waals surface area contributed by atoms with Gasteiger partial charge in [0.25, 0.3) is 0 Å². The van der Waals surface area contributed by atoms with E-state index in [0.717, 1.165) is 15.4 Å².